The molecule has 2 atom stereocenters. The average Bonchev–Trinajstić information content (AvgIpc) is 3.11. The van der Waals surface area contributed by atoms with Gasteiger partial charge in [0.1, 0.15) is 5.75 Å². The van der Waals surface area contributed by atoms with Crippen molar-refractivity contribution in [1.82, 2.24) is 5.32 Å². The van der Waals surface area contributed by atoms with Crippen LogP contribution in [0.4, 0.5) is 0 Å². The van der Waals surface area contributed by atoms with Gasteiger partial charge in [0.2, 0.25) is 0 Å². The number of rotatable bonds is 5. The molecule has 0 aliphatic heterocycles. The third kappa shape index (κ3) is 2.85. The Balaban J connectivity index is 2.20. The van der Waals surface area contributed by atoms with Crippen molar-refractivity contribution >= 4 is 0 Å². The highest BCUT2D eigenvalue weighted by atomic mass is 16.5. The molecule has 0 spiro atoms. The molecule has 1 aromatic rings. The van der Waals surface area contributed by atoms with Gasteiger partial charge in [0.25, 0.3) is 0 Å². The van der Waals surface area contributed by atoms with Gasteiger partial charge in [-0.05, 0) is 62.4 Å². The van der Waals surface area contributed by atoms with Gasteiger partial charge in [0, 0.05) is 12.1 Å². The van der Waals surface area contributed by atoms with Gasteiger partial charge < -0.3 is 15.2 Å². The zero-order valence-corrected chi connectivity index (χ0v) is 11.7. The largest absolute Gasteiger partial charge is 0.497 e. The van der Waals surface area contributed by atoms with Gasteiger partial charge in [0.05, 0.1) is 13.2 Å². The van der Waals surface area contributed by atoms with Crippen LogP contribution in [0.1, 0.15) is 42.6 Å². The zero-order chi connectivity index (χ0) is 13.3. The maximum absolute atomic E-state index is 10.5. The first-order valence-corrected chi connectivity index (χ1v) is 6.62. The van der Waals surface area contributed by atoms with Crippen molar-refractivity contribution < 1.29 is 9.84 Å². The SMILES string of the molecule is COc1cc(C)c(C(O)C(C)NC2CC2)c(C)c1. The molecule has 0 saturated heterocycles. The van der Waals surface area contributed by atoms with Gasteiger partial charge in [0.15, 0.2) is 0 Å². The second-order valence-electron chi connectivity index (χ2n) is 5.35. The van der Waals surface area contributed by atoms with E-state index in [0.29, 0.717) is 6.04 Å². The van der Waals surface area contributed by atoms with Gasteiger partial charge in [-0.1, -0.05) is 0 Å². The summed E-state index contributed by atoms with van der Waals surface area (Å²) >= 11 is 0. The Morgan fingerprint density at radius 2 is 1.83 bits per heavy atom. The molecule has 1 aromatic carbocycles. The molecule has 0 aromatic heterocycles. The van der Waals surface area contributed by atoms with Crippen LogP contribution in [0.25, 0.3) is 0 Å². The maximum atomic E-state index is 10.5. The van der Waals surface area contributed by atoms with E-state index in [1.54, 1.807) is 7.11 Å². The Kier molecular flexibility index (Phi) is 3.93. The highest BCUT2D eigenvalue weighted by Crippen LogP contribution is 2.30. The van der Waals surface area contributed by atoms with Crippen molar-refractivity contribution in [2.75, 3.05) is 7.11 Å². The van der Waals surface area contributed by atoms with E-state index in [1.807, 2.05) is 32.9 Å². The molecule has 1 aliphatic rings. The van der Waals surface area contributed by atoms with Crippen LogP contribution in [0.5, 0.6) is 5.75 Å². The fourth-order valence-electron chi connectivity index (χ4n) is 2.48. The molecule has 3 heteroatoms. The predicted molar refractivity (Wildman–Crippen MR) is 73.0 cm³/mol. The van der Waals surface area contributed by atoms with Crippen LogP contribution < -0.4 is 10.1 Å². The Labute approximate surface area is 109 Å². The minimum absolute atomic E-state index is 0.0864. The number of hydrogen-bond acceptors (Lipinski definition) is 3. The van der Waals surface area contributed by atoms with E-state index in [9.17, 15) is 5.11 Å². The predicted octanol–water partition coefficient (Wildman–Crippen LogP) is 2.49. The van der Waals surface area contributed by atoms with Crippen LogP contribution in [0.15, 0.2) is 12.1 Å². The third-order valence-electron chi connectivity index (χ3n) is 3.65. The minimum Gasteiger partial charge on any atom is -0.497 e. The Bertz CT molecular complexity index is 403. The molecule has 1 aliphatic carbocycles. The topological polar surface area (TPSA) is 41.5 Å². The van der Waals surface area contributed by atoms with Gasteiger partial charge in [-0.2, -0.15) is 0 Å². The van der Waals surface area contributed by atoms with Crippen LogP contribution in [0, 0.1) is 13.8 Å². The van der Waals surface area contributed by atoms with Crippen LogP contribution in [0.3, 0.4) is 0 Å². The van der Waals surface area contributed by atoms with Crippen molar-refractivity contribution in [3.05, 3.63) is 28.8 Å². The van der Waals surface area contributed by atoms with Crippen LogP contribution in [-0.4, -0.2) is 24.3 Å². The summed E-state index contributed by atoms with van der Waals surface area (Å²) in [6, 6.07) is 4.65. The molecule has 0 bridgehead atoms. The van der Waals surface area contributed by atoms with Crippen molar-refractivity contribution in [3.8, 4) is 5.75 Å². The fraction of sp³-hybridized carbons (Fsp3) is 0.600. The summed E-state index contributed by atoms with van der Waals surface area (Å²) in [5.74, 6) is 0.851. The van der Waals surface area contributed by atoms with Gasteiger partial charge in [-0.3, -0.25) is 0 Å². The second kappa shape index (κ2) is 5.29. The molecule has 1 saturated carbocycles. The highest BCUT2D eigenvalue weighted by Gasteiger charge is 2.27. The normalized spacial score (nSPS) is 18.5. The van der Waals surface area contributed by atoms with E-state index < -0.39 is 6.10 Å². The first kappa shape index (κ1) is 13.4. The molecule has 0 heterocycles. The first-order valence-electron chi connectivity index (χ1n) is 6.62. The standard InChI is InChI=1S/C15H23NO2/c1-9-7-13(18-4)8-10(2)14(9)15(17)11(3)16-12-5-6-12/h7-8,11-12,15-17H,5-6H2,1-4H3. The van der Waals surface area contributed by atoms with E-state index in [4.69, 9.17) is 4.74 Å². The first-order chi connectivity index (χ1) is 8.52. The van der Waals surface area contributed by atoms with Crippen molar-refractivity contribution in [2.24, 2.45) is 0 Å². The minimum atomic E-state index is -0.462. The van der Waals surface area contributed by atoms with Crippen LogP contribution in [0.2, 0.25) is 0 Å². The molecular formula is C15H23NO2. The lowest BCUT2D eigenvalue weighted by Crippen LogP contribution is -2.34. The number of ether oxygens (including phenoxy) is 1. The number of benzene rings is 1. The fourth-order valence-corrected chi connectivity index (χ4v) is 2.48. The Morgan fingerprint density at radius 1 is 1.28 bits per heavy atom. The highest BCUT2D eigenvalue weighted by molar-refractivity contribution is 5.42. The molecule has 2 unspecified atom stereocenters. The molecule has 100 valence electrons. The molecule has 0 amide bonds. The molecule has 0 radical (unpaired) electrons. The molecule has 2 rings (SSSR count). The smallest absolute Gasteiger partial charge is 0.119 e. The number of hydrogen-bond donors (Lipinski definition) is 2. The molecular weight excluding hydrogens is 226 g/mol. The van der Waals surface area contributed by atoms with E-state index in [-0.39, 0.29) is 6.04 Å². The lowest BCUT2D eigenvalue weighted by atomic mass is 9.94. The maximum Gasteiger partial charge on any atom is 0.119 e. The average molecular weight is 249 g/mol. The summed E-state index contributed by atoms with van der Waals surface area (Å²) in [5, 5.41) is 13.9. The third-order valence-corrected chi connectivity index (χ3v) is 3.65. The number of methoxy groups -OCH3 is 1. The van der Waals surface area contributed by atoms with Crippen LogP contribution in [-0.2, 0) is 0 Å². The summed E-state index contributed by atoms with van der Waals surface area (Å²) in [6.07, 6.45) is 2.01. The van der Waals surface area contributed by atoms with Gasteiger partial charge in [-0.25, -0.2) is 0 Å². The van der Waals surface area contributed by atoms with E-state index in [0.717, 1.165) is 22.4 Å². The number of aliphatic hydroxyl groups excluding tert-OH is 1. The molecule has 1 fully saturated rings. The number of aryl methyl sites for hydroxylation is 2. The van der Waals surface area contributed by atoms with Crippen LogP contribution >= 0.6 is 0 Å². The quantitative estimate of drug-likeness (QED) is 0.842. The van der Waals surface area contributed by atoms with Crippen molar-refractivity contribution in [3.63, 3.8) is 0 Å². The second-order valence-corrected chi connectivity index (χ2v) is 5.35. The van der Waals surface area contributed by atoms with E-state index >= 15 is 0 Å². The lowest BCUT2D eigenvalue weighted by molar-refractivity contribution is 0.134. The Morgan fingerprint density at radius 3 is 2.28 bits per heavy atom. The zero-order valence-electron chi connectivity index (χ0n) is 11.7. The van der Waals surface area contributed by atoms with Crippen molar-refractivity contribution in [1.29, 1.82) is 0 Å². The summed E-state index contributed by atoms with van der Waals surface area (Å²) in [5.41, 5.74) is 3.20. The van der Waals surface area contributed by atoms with Gasteiger partial charge in [-0.15, -0.1) is 0 Å². The van der Waals surface area contributed by atoms with E-state index in [1.165, 1.54) is 12.8 Å². The summed E-state index contributed by atoms with van der Waals surface area (Å²) in [7, 11) is 1.67. The van der Waals surface area contributed by atoms with E-state index in [2.05, 4.69) is 5.32 Å². The van der Waals surface area contributed by atoms with Gasteiger partial charge >= 0.3 is 0 Å². The number of aliphatic hydroxyl groups is 1. The summed E-state index contributed by atoms with van der Waals surface area (Å²) in [6.45, 7) is 6.10. The summed E-state index contributed by atoms with van der Waals surface area (Å²) in [4.78, 5) is 0. The molecule has 3 nitrogen and oxygen atoms in total. The molecule has 2 N–H and O–H groups in total. The Hall–Kier alpha value is -1.06. The summed E-state index contributed by atoms with van der Waals surface area (Å²) < 4.78 is 5.25. The lowest BCUT2D eigenvalue weighted by Gasteiger charge is -2.24. The van der Waals surface area contributed by atoms with Crippen molar-refractivity contribution in [2.45, 2.75) is 51.8 Å². The number of nitrogens with one attached hydrogen (secondary N) is 1. The monoisotopic (exact) mass is 249 g/mol. The molecule has 18 heavy (non-hydrogen) atoms.